The molecule has 1 amide bonds. The molecule has 1 aliphatic rings. The van der Waals surface area contributed by atoms with E-state index in [2.05, 4.69) is 15.9 Å². The van der Waals surface area contributed by atoms with Crippen molar-refractivity contribution in [3.05, 3.63) is 34.3 Å². The van der Waals surface area contributed by atoms with Gasteiger partial charge in [-0.15, -0.1) is 0 Å². The number of ether oxygens (including phenoxy) is 2. The average molecular weight is 398 g/mol. The minimum Gasteiger partial charge on any atom is -0.469 e. The second-order valence-electron chi connectivity index (χ2n) is 5.64. The van der Waals surface area contributed by atoms with Crippen LogP contribution in [0.2, 0.25) is 0 Å². The zero-order chi connectivity index (χ0) is 17.5. The fourth-order valence-electron chi connectivity index (χ4n) is 2.58. The number of rotatable bonds is 5. The zero-order valence-electron chi connectivity index (χ0n) is 13.5. The molecule has 7 heteroatoms. The van der Waals surface area contributed by atoms with E-state index in [1.165, 1.54) is 7.11 Å². The van der Waals surface area contributed by atoms with E-state index in [1.54, 1.807) is 4.90 Å². The molecule has 0 N–H and O–H groups in total. The highest BCUT2D eigenvalue weighted by molar-refractivity contribution is 9.10. The Morgan fingerprint density at radius 2 is 1.79 bits per heavy atom. The summed E-state index contributed by atoms with van der Waals surface area (Å²) in [4.78, 5) is 36.9. The zero-order valence-corrected chi connectivity index (χ0v) is 15.1. The minimum absolute atomic E-state index is 0.130. The number of carbonyl (C=O) groups is 3. The van der Waals surface area contributed by atoms with Crippen LogP contribution in [-0.2, 0) is 30.3 Å². The molecule has 1 aliphatic heterocycles. The van der Waals surface area contributed by atoms with Crippen molar-refractivity contribution >= 4 is 33.8 Å². The third-order valence-corrected chi connectivity index (χ3v) is 4.53. The summed E-state index contributed by atoms with van der Waals surface area (Å²) in [7, 11) is 1.37. The van der Waals surface area contributed by atoms with Gasteiger partial charge in [0.25, 0.3) is 5.91 Å². The third-order valence-electron chi connectivity index (χ3n) is 4.00. The topological polar surface area (TPSA) is 72.9 Å². The highest BCUT2D eigenvalue weighted by atomic mass is 79.9. The van der Waals surface area contributed by atoms with Crippen molar-refractivity contribution in [1.29, 1.82) is 0 Å². The van der Waals surface area contributed by atoms with Gasteiger partial charge in [0, 0.05) is 17.6 Å². The lowest BCUT2D eigenvalue weighted by atomic mass is 9.97. The average Bonchev–Trinajstić information content (AvgIpc) is 2.61. The number of hydrogen-bond donors (Lipinski definition) is 0. The Labute approximate surface area is 149 Å². The molecule has 0 atom stereocenters. The second kappa shape index (κ2) is 8.82. The molecule has 1 heterocycles. The van der Waals surface area contributed by atoms with Crippen molar-refractivity contribution < 1.29 is 23.9 Å². The highest BCUT2D eigenvalue weighted by Crippen LogP contribution is 2.18. The molecule has 6 nitrogen and oxygen atoms in total. The summed E-state index contributed by atoms with van der Waals surface area (Å²) in [6, 6.07) is 7.34. The number of carbonyl (C=O) groups excluding carboxylic acids is 3. The second-order valence-corrected chi connectivity index (χ2v) is 6.56. The molecule has 0 spiro atoms. The maximum absolute atomic E-state index is 12.1. The van der Waals surface area contributed by atoms with E-state index >= 15 is 0 Å². The number of benzene rings is 1. The van der Waals surface area contributed by atoms with Crippen molar-refractivity contribution in [3.8, 4) is 0 Å². The molecule has 0 aliphatic carbocycles. The number of piperidine rings is 1. The van der Waals surface area contributed by atoms with Gasteiger partial charge in [0.15, 0.2) is 6.61 Å². The lowest BCUT2D eigenvalue weighted by Gasteiger charge is -2.30. The van der Waals surface area contributed by atoms with Crippen LogP contribution in [-0.4, -0.2) is 49.6 Å². The van der Waals surface area contributed by atoms with Gasteiger partial charge in [-0.3, -0.25) is 14.4 Å². The smallest absolute Gasteiger partial charge is 0.310 e. The van der Waals surface area contributed by atoms with E-state index in [0.717, 1.165) is 10.0 Å². The Morgan fingerprint density at radius 3 is 2.38 bits per heavy atom. The minimum atomic E-state index is -0.435. The van der Waals surface area contributed by atoms with E-state index in [4.69, 9.17) is 9.47 Å². The first-order valence-corrected chi connectivity index (χ1v) is 8.54. The molecule has 0 saturated carbocycles. The van der Waals surface area contributed by atoms with Gasteiger partial charge in [-0.25, -0.2) is 0 Å². The monoisotopic (exact) mass is 397 g/mol. The van der Waals surface area contributed by atoms with E-state index < -0.39 is 5.97 Å². The number of halogens is 1. The summed E-state index contributed by atoms with van der Waals surface area (Å²) < 4.78 is 10.7. The first-order valence-electron chi connectivity index (χ1n) is 7.75. The molecule has 1 fully saturated rings. The Hall–Kier alpha value is -1.89. The Bertz CT molecular complexity index is 594. The van der Waals surface area contributed by atoms with E-state index in [1.807, 2.05) is 24.3 Å². The lowest BCUT2D eigenvalue weighted by Crippen LogP contribution is -2.42. The molecule has 1 aromatic carbocycles. The number of methoxy groups -OCH3 is 1. The van der Waals surface area contributed by atoms with Crippen LogP contribution in [0.25, 0.3) is 0 Å². The molecule has 0 radical (unpaired) electrons. The Morgan fingerprint density at radius 1 is 1.17 bits per heavy atom. The summed E-state index contributed by atoms with van der Waals surface area (Å²) in [6.45, 7) is 0.685. The number of nitrogens with zero attached hydrogens (tertiary/aromatic N) is 1. The summed E-state index contributed by atoms with van der Waals surface area (Å²) in [5, 5.41) is 0. The molecular weight excluding hydrogens is 378 g/mol. The van der Waals surface area contributed by atoms with E-state index in [-0.39, 0.29) is 30.8 Å². The van der Waals surface area contributed by atoms with Crippen molar-refractivity contribution in [2.24, 2.45) is 5.92 Å². The van der Waals surface area contributed by atoms with Gasteiger partial charge in [0.05, 0.1) is 19.4 Å². The summed E-state index contributed by atoms with van der Waals surface area (Å²) in [5.41, 5.74) is 0.828. The first kappa shape index (κ1) is 18.4. The SMILES string of the molecule is COC(=O)C1CCN(C(=O)COC(=O)Cc2ccc(Br)cc2)CC1. The number of amides is 1. The van der Waals surface area contributed by atoms with Crippen LogP contribution < -0.4 is 0 Å². The van der Waals surface area contributed by atoms with Crippen LogP contribution in [0.15, 0.2) is 28.7 Å². The van der Waals surface area contributed by atoms with Crippen molar-refractivity contribution in [2.75, 3.05) is 26.8 Å². The third kappa shape index (κ3) is 5.33. The van der Waals surface area contributed by atoms with Crippen LogP contribution in [0.3, 0.4) is 0 Å². The van der Waals surface area contributed by atoms with Gasteiger partial charge < -0.3 is 14.4 Å². The maximum Gasteiger partial charge on any atom is 0.310 e. The van der Waals surface area contributed by atoms with Crippen LogP contribution in [0.5, 0.6) is 0 Å². The largest absolute Gasteiger partial charge is 0.469 e. The molecule has 0 bridgehead atoms. The molecular formula is C17H20BrNO5. The quantitative estimate of drug-likeness (QED) is 0.709. The molecule has 24 heavy (non-hydrogen) atoms. The van der Waals surface area contributed by atoms with Crippen LogP contribution in [0.4, 0.5) is 0 Å². The van der Waals surface area contributed by atoms with Gasteiger partial charge in [0.1, 0.15) is 0 Å². The van der Waals surface area contributed by atoms with Crippen LogP contribution >= 0.6 is 15.9 Å². The maximum atomic E-state index is 12.1. The van der Waals surface area contributed by atoms with Crippen molar-refractivity contribution in [1.82, 2.24) is 4.90 Å². The molecule has 2 rings (SSSR count). The summed E-state index contributed by atoms with van der Waals surface area (Å²) in [6.07, 6.45) is 1.28. The Balaban J connectivity index is 1.72. The highest BCUT2D eigenvalue weighted by Gasteiger charge is 2.28. The standard InChI is InChI=1S/C17H20BrNO5/c1-23-17(22)13-6-8-19(9-7-13)15(20)11-24-16(21)10-12-2-4-14(18)5-3-12/h2-5,13H,6-11H2,1H3. The van der Waals surface area contributed by atoms with Crippen LogP contribution in [0, 0.1) is 5.92 Å². The summed E-state index contributed by atoms with van der Waals surface area (Å²) >= 11 is 3.33. The lowest BCUT2D eigenvalue weighted by molar-refractivity contribution is -0.153. The molecule has 1 aromatic rings. The van der Waals surface area contributed by atoms with Gasteiger partial charge >= 0.3 is 11.9 Å². The van der Waals surface area contributed by atoms with Gasteiger partial charge in [-0.2, -0.15) is 0 Å². The molecule has 0 aromatic heterocycles. The van der Waals surface area contributed by atoms with Gasteiger partial charge in [-0.05, 0) is 30.5 Å². The predicted molar refractivity (Wildman–Crippen MR) is 90.1 cm³/mol. The summed E-state index contributed by atoms with van der Waals surface area (Å²) in [5.74, 6) is -1.06. The normalized spacial score (nSPS) is 15.0. The molecule has 0 unspecified atom stereocenters. The first-order chi connectivity index (χ1) is 11.5. The molecule has 130 valence electrons. The van der Waals surface area contributed by atoms with Crippen LogP contribution in [0.1, 0.15) is 18.4 Å². The van der Waals surface area contributed by atoms with Gasteiger partial charge in [0.2, 0.25) is 0 Å². The molecule has 1 saturated heterocycles. The van der Waals surface area contributed by atoms with Crippen molar-refractivity contribution in [2.45, 2.75) is 19.3 Å². The number of esters is 2. The van der Waals surface area contributed by atoms with Gasteiger partial charge in [-0.1, -0.05) is 28.1 Å². The number of hydrogen-bond acceptors (Lipinski definition) is 5. The Kier molecular flexibility index (Phi) is 6.78. The van der Waals surface area contributed by atoms with E-state index in [0.29, 0.717) is 25.9 Å². The fraction of sp³-hybridized carbons (Fsp3) is 0.471. The number of likely N-dealkylation sites (tertiary alicyclic amines) is 1. The van der Waals surface area contributed by atoms with E-state index in [9.17, 15) is 14.4 Å². The van der Waals surface area contributed by atoms with Crippen molar-refractivity contribution in [3.63, 3.8) is 0 Å². The predicted octanol–water partition coefficient (Wildman–Crippen LogP) is 1.95. The fourth-order valence-corrected chi connectivity index (χ4v) is 2.85.